The first kappa shape index (κ1) is 30.5. The first-order chi connectivity index (χ1) is 21.0. The van der Waals surface area contributed by atoms with Crippen LogP contribution >= 0.6 is 23.1 Å². The Labute approximate surface area is 259 Å². The van der Waals surface area contributed by atoms with E-state index in [2.05, 4.69) is 33.0 Å². The number of esters is 1. The molecule has 1 aliphatic rings. The van der Waals surface area contributed by atoms with Crippen LogP contribution in [0.3, 0.4) is 0 Å². The number of fused-ring (bicyclic) bond motifs is 1. The Hall–Kier alpha value is -3.96. The molecule has 5 rings (SSSR count). The molecule has 0 fully saturated rings. The highest BCUT2D eigenvalue weighted by atomic mass is 32.2. The number of nitrogens with one attached hydrogen (secondary N) is 2. The molecule has 9 nitrogen and oxygen atoms in total. The smallest absolute Gasteiger partial charge is 0.341 e. The standard InChI is InChI=1S/C32H35N5O4S2/c1-2-41-31(40)29-24-15-9-10-16-25(24)43-30(29)34-28(39)21-42-32-36-35-26(37(32)18-17-22-11-5-3-6-12-22)20-33-27(38)19-23-13-7-4-8-14-23/h3-8,11-14H,2,9-10,15-21H2,1H3,(H,33,38)(H,34,39). The normalized spacial score (nSPS) is 12.4. The third-order valence-corrected chi connectivity index (χ3v) is 9.32. The van der Waals surface area contributed by atoms with Gasteiger partial charge in [-0.1, -0.05) is 72.4 Å². The lowest BCUT2D eigenvalue weighted by Crippen LogP contribution is -2.26. The van der Waals surface area contributed by atoms with Crippen LogP contribution in [0.25, 0.3) is 0 Å². The molecular formula is C32H35N5O4S2. The first-order valence-corrected chi connectivity index (χ1v) is 16.3. The third-order valence-electron chi connectivity index (χ3n) is 7.15. The van der Waals surface area contributed by atoms with Crippen molar-refractivity contribution in [3.8, 4) is 0 Å². The Balaban J connectivity index is 1.26. The average Bonchev–Trinajstić information content (AvgIpc) is 3.59. The molecule has 1 aliphatic carbocycles. The van der Waals surface area contributed by atoms with Gasteiger partial charge in [0.15, 0.2) is 11.0 Å². The topological polar surface area (TPSA) is 115 Å². The zero-order chi connectivity index (χ0) is 30.0. The molecule has 2 aromatic heterocycles. The van der Waals surface area contributed by atoms with Gasteiger partial charge in [-0.25, -0.2) is 4.79 Å². The number of ether oxygens (including phenoxy) is 1. The highest BCUT2D eigenvalue weighted by molar-refractivity contribution is 7.99. The lowest BCUT2D eigenvalue weighted by atomic mass is 9.95. The Morgan fingerprint density at radius 3 is 2.42 bits per heavy atom. The second kappa shape index (κ2) is 15.0. The Kier molecular flexibility index (Phi) is 10.6. The van der Waals surface area contributed by atoms with Crippen molar-refractivity contribution >= 4 is 45.9 Å². The van der Waals surface area contributed by atoms with E-state index in [1.807, 2.05) is 53.1 Å². The maximum absolute atomic E-state index is 13.1. The van der Waals surface area contributed by atoms with Gasteiger partial charge < -0.3 is 19.9 Å². The Morgan fingerprint density at radius 2 is 1.67 bits per heavy atom. The predicted molar refractivity (Wildman–Crippen MR) is 168 cm³/mol. The highest BCUT2D eigenvalue weighted by Crippen LogP contribution is 2.38. The molecule has 4 aromatic rings. The number of aryl methyl sites for hydroxylation is 2. The van der Waals surface area contributed by atoms with Crippen LogP contribution in [0.1, 0.15) is 57.5 Å². The summed E-state index contributed by atoms with van der Waals surface area (Å²) in [4.78, 5) is 39.7. The fourth-order valence-electron chi connectivity index (χ4n) is 5.05. The summed E-state index contributed by atoms with van der Waals surface area (Å²) in [7, 11) is 0. The number of hydrogen-bond donors (Lipinski definition) is 2. The number of hydrogen-bond acceptors (Lipinski definition) is 8. The average molecular weight is 618 g/mol. The van der Waals surface area contributed by atoms with Crippen molar-refractivity contribution in [3.63, 3.8) is 0 Å². The van der Waals surface area contributed by atoms with E-state index in [1.165, 1.54) is 23.1 Å². The van der Waals surface area contributed by atoms with Crippen molar-refractivity contribution in [2.24, 2.45) is 0 Å². The Morgan fingerprint density at radius 1 is 0.953 bits per heavy atom. The van der Waals surface area contributed by atoms with Crippen molar-refractivity contribution in [2.75, 3.05) is 17.7 Å². The van der Waals surface area contributed by atoms with Gasteiger partial charge in [-0.3, -0.25) is 9.59 Å². The summed E-state index contributed by atoms with van der Waals surface area (Å²) in [5, 5.41) is 15.8. The van der Waals surface area contributed by atoms with Crippen LogP contribution in [0, 0.1) is 0 Å². The van der Waals surface area contributed by atoms with Crippen molar-refractivity contribution in [2.45, 2.75) is 63.7 Å². The van der Waals surface area contributed by atoms with Crippen LogP contribution < -0.4 is 10.6 Å². The summed E-state index contributed by atoms with van der Waals surface area (Å²) >= 11 is 2.75. The number of carbonyl (C=O) groups is 3. The van der Waals surface area contributed by atoms with Gasteiger partial charge >= 0.3 is 5.97 Å². The maximum atomic E-state index is 13.1. The SMILES string of the molecule is CCOC(=O)c1c(NC(=O)CSc2nnc(CNC(=O)Cc3ccccc3)n2CCc2ccccc2)sc2c1CCCC2. The van der Waals surface area contributed by atoms with Crippen LogP contribution in [-0.2, 0) is 53.1 Å². The molecule has 0 saturated heterocycles. The van der Waals surface area contributed by atoms with E-state index in [4.69, 9.17) is 4.74 Å². The number of thioether (sulfide) groups is 1. The monoisotopic (exact) mass is 617 g/mol. The number of anilines is 1. The molecule has 0 atom stereocenters. The van der Waals surface area contributed by atoms with E-state index in [0.717, 1.165) is 53.7 Å². The summed E-state index contributed by atoms with van der Waals surface area (Å²) < 4.78 is 7.28. The van der Waals surface area contributed by atoms with Crippen molar-refractivity contribution in [3.05, 3.63) is 93.6 Å². The third kappa shape index (κ3) is 8.11. The predicted octanol–water partition coefficient (Wildman–Crippen LogP) is 5.23. The molecule has 0 radical (unpaired) electrons. The number of benzene rings is 2. The minimum Gasteiger partial charge on any atom is -0.462 e. The van der Waals surface area contributed by atoms with Crippen molar-refractivity contribution in [1.29, 1.82) is 0 Å². The molecule has 2 aromatic carbocycles. The van der Waals surface area contributed by atoms with E-state index < -0.39 is 0 Å². The van der Waals surface area contributed by atoms with E-state index in [9.17, 15) is 14.4 Å². The summed E-state index contributed by atoms with van der Waals surface area (Å²) in [6.07, 6.45) is 4.85. The molecule has 0 bridgehead atoms. The zero-order valence-electron chi connectivity index (χ0n) is 24.1. The minimum absolute atomic E-state index is 0.0919. The summed E-state index contributed by atoms with van der Waals surface area (Å²) in [5.74, 6) is -0.00700. The number of thiophene rings is 1. The highest BCUT2D eigenvalue weighted by Gasteiger charge is 2.27. The van der Waals surface area contributed by atoms with E-state index in [0.29, 0.717) is 28.1 Å². The minimum atomic E-state index is -0.385. The van der Waals surface area contributed by atoms with Crippen LogP contribution in [0.2, 0.25) is 0 Å². The largest absolute Gasteiger partial charge is 0.462 e. The molecule has 224 valence electrons. The van der Waals surface area contributed by atoms with Crippen LogP contribution in [0.15, 0.2) is 65.8 Å². The number of carbonyl (C=O) groups excluding carboxylic acids is 3. The second-order valence-electron chi connectivity index (χ2n) is 10.2. The van der Waals surface area contributed by atoms with E-state index in [1.54, 1.807) is 6.92 Å². The van der Waals surface area contributed by atoms with Gasteiger partial charge in [-0.05, 0) is 55.7 Å². The number of rotatable bonds is 13. The fourth-order valence-corrected chi connectivity index (χ4v) is 7.13. The molecule has 2 heterocycles. The van der Waals surface area contributed by atoms with Gasteiger partial charge in [0.1, 0.15) is 5.00 Å². The van der Waals surface area contributed by atoms with E-state index >= 15 is 0 Å². The van der Waals surface area contributed by atoms with Crippen molar-refractivity contribution in [1.82, 2.24) is 20.1 Å². The molecular weight excluding hydrogens is 583 g/mol. The first-order valence-electron chi connectivity index (χ1n) is 14.5. The summed E-state index contributed by atoms with van der Waals surface area (Å²) in [6.45, 7) is 2.88. The van der Waals surface area contributed by atoms with Gasteiger partial charge in [-0.2, -0.15) is 0 Å². The van der Waals surface area contributed by atoms with Gasteiger partial charge in [0.25, 0.3) is 0 Å². The zero-order valence-corrected chi connectivity index (χ0v) is 25.8. The van der Waals surface area contributed by atoms with Gasteiger partial charge in [0.2, 0.25) is 11.8 Å². The molecule has 0 spiro atoms. The van der Waals surface area contributed by atoms with Gasteiger partial charge in [-0.15, -0.1) is 21.5 Å². The van der Waals surface area contributed by atoms with Crippen molar-refractivity contribution < 1.29 is 19.1 Å². The maximum Gasteiger partial charge on any atom is 0.341 e. The summed E-state index contributed by atoms with van der Waals surface area (Å²) in [5.41, 5.74) is 3.61. The molecule has 2 N–H and O–H groups in total. The molecule has 0 saturated carbocycles. The lowest BCUT2D eigenvalue weighted by molar-refractivity contribution is -0.120. The molecule has 0 unspecified atom stereocenters. The van der Waals surface area contributed by atoms with Crippen LogP contribution in [0.5, 0.6) is 0 Å². The number of nitrogens with zero attached hydrogens (tertiary/aromatic N) is 3. The van der Waals surface area contributed by atoms with Crippen LogP contribution in [-0.4, -0.2) is 44.9 Å². The quantitative estimate of drug-likeness (QED) is 0.156. The molecule has 43 heavy (non-hydrogen) atoms. The second-order valence-corrected chi connectivity index (χ2v) is 12.2. The fraction of sp³-hybridized carbons (Fsp3) is 0.344. The van der Waals surface area contributed by atoms with Gasteiger partial charge in [0.05, 0.1) is 30.9 Å². The van der Waals surface area contributed by atoms with E-state index in [-0.39, 0.29) is 43.1 Å². The molecule has 0 aliphatic heterocycles. The molecule has 2 amide bonds. The molecule has 11 heteroatoms. The van der Waals surface area contributed by atoms with Crippen LogP contribution in [0.4, 0.5) is 5.00 Å². The lowest BCUT2D eigenvalue weighted by Gasteiger charge is -2.12. The van der Waals surface area contributed by atoms with Gasteiger partial charge in [0, 0.05) is 11.4 Å². The Bertz CT molecular complexity index is 1550. The number of amides is 2. The summed E-state index contributed by atoms with van der Waals surface area (Å²) in [6, 6.07) is 19.7. The number of aromatic nitrogens is 3.